The molecule has 0 saturated carbocycles. The molecule has 2 aromatic rings. The van der Waals surface area contributed by atoms with Crippen molar-refractivity contribution < 1.29 is 8.78 Å². The summed E-state index contributed by atoms with van der Waals surface area (Å²) in [5, 5.41) is 7.45. The van der Waals surface area contributed by atoms with Gasteiger partial charge in [-0.2, -0.15) is 0 Å². The molecule has 5 heteroatoms. The van der Waals surface area contributed by atoms with Gasteiger partial charge in [0.05, 0.1) is 11.4 Å². The van der Waals surface area contributed by atoms with Gasteiger partial charge >= 0.3 is 0 Å². The lowest BCUT2D eigenvalue weighted by Crippen LogP contribution is -2.05. The number of aromatic nitrogens is 3. The summed E-state index contributed by atoms with van der Waals surface area (Å²) in [5.74, 6) is -1.30. The smallest absolute Gasteiger partial charge is 0.151 e. The molecule has 2 rings (SSSR count). The van der Waals surface area contributed by atoms with E-state index in [0.717, 1.165) is 0 Å². The highest BCUT2D eigenvalue weighted by molar-refractivity contribution is 5.36. The van der Waals surface area contributed by atoms with Crippen LogP contribution in [0.3, 0.4) is 0 Å². The third-order valence-corrected chi connectivity index (χ3v) is 2.27. The quantitative estimate of drug-likeness (QED) is 0.720. The SMILES string of the molecule is Cc1nnn(-c2c(F)cccc2F)c1C. The molecule has 0 saturated heterocycles. The number of hydrogen-bond donors (Lipinski definition) is 0. The Hall–Kier alpha value is -1.78. The lowest BCUT2D eigenvalue weighted by Gasteiger charge is -2.05. The Bertz CT molecular complexity index is 485. The first-order valence-electron chi connectivity index (χ1n) is 4.44. The van der Waals surface area contributed by atoms with E-state index in [1.807, 2.05) is 0 Å². The number of nitrogens with zero attached hydrogens (tertiary/aromatic N) is 3. The summed E-state index contributed by atoms with van der Waals surface area (Å²) in [6.07, 6.45) is 0. The first kappa shape index (κ1) is 9.76. The van der Waals surface area contributed by atoms with Crippen LogP contribution in [0.1, 0.15) is 11.4 Å². The van der Waals surface area contributed by atoms with Gasteiger partial charge in [-0.25, -0.2) is 13.5 Å². The minimum absolute atomic E-state index is 0.185. The van der Waals surface area contributed by atoms with E-state index < -0.39 is 11.6 Å². The minimum atomic E-state index is -0.650. The molecule has 0 fully saturated rings. The van der Waals surface area contributed by atoms with Gasteiger partial charge in [-0.05, 0) is 26.0 Å². The molecule has 0 aliphatic rings. The maximum absolute atomic E-state index is 13.4. The van der Waals surface area contributed by atoms with Gasteiger partial charge < -0.3 is 0 Å². The molecular weight excluding hydrogens is 200 g/mol. The number of halogens is 2. The lowest BCUT2D eigenvalue weighted by molar-refractivity contribution is 0.553. The fourth-order valence-corrected chi connectivity index (χ4v) is 1.31. The molecule has 0 N–H and O–H groups in total. The van der Waals surface area contributed by atoms with Gasteiger partial charge in [0, 0.05) is 0 Å². The van der Waals surface area contributed by atoms with Crippen molar-refractivity contribution in [3.8, 4) is 5.69 Å². The first-order valence-corrected chi connectivity index (χ1v) is 4.44. The maximum atomic E-state index is 13.4. The van der Waals surface area contributed by atoms with Gasteiger partial charge in [-0.15, -0.1) is 5.10 Å². The van der Waals surface area contributed by atoms with Gasteiger partial charge in [0.2, 0.25) is 0 Å². The Labute approximate surface area is 85.3 Å². The Morgan fingerprint density at radius 3 is 2.20 bits per heavy atom. The van der Waals surface area contributed by atoms with Crippen LogP contribution in [0, 0.1) is 25.5 Å². The highest BCUT2D eigenvalue weighted by atomic mass is 19.1. The second kappa shape index (κ2) is 3.42. The molecule has 0 aliphatic carbocycles. The summed E-state index contributed by atoms with van der Waals surface area (Å²) < 4.78 is 28.0. The molecule has 1 aromatic carbocycles. The molecule has 3 nitrogen and oxygen atoms in total. The van der Waals surface area contributed by atoms with E-state index in [2.05, 4.69) is 10.3 Å². The standard InChI is InChI=1S/C10H9F2N3/c1-6-7(2)15(14-13-6)10-8(11)4-3-5-9(10)12/h3-5H,1-2H3. The number of hydrogen-bond acceptors (Lipinski definition) is 2. The van der Waals surface area contributed by atoms with Crippen molar-refractivity contribution in [2.45, 2.75) is 13.8 Å². The van der Waals surface area contributed by atoms with Crippen molar-refractivity contribution in [2.24, 2.45) is 0 Å². The number of aryl methyl sites for hydroxylation is 1. The molecule has 0 bridgehead atoms. The van der Waals surface area contributed by atoms with Gasteiger partial charge in [-0.3, -0.25) is 0 Å². The van der Waals surface area contributed by atoms with Crippen molar-refractivity contribution in [1.29, 1.82) is 0 Å². The highest BCUT2D eigenvalue weighted by Crippen LogP contribution is 2.18. The van der Waals surface area contributed by atoms with Crippen LogP contribution in [-0.2, 0) is 0 Å². The Morgan fingerprint density at radius 1 is 1.13 bits per heavy atom. The number of benzene rings is 1. The number of para-hydroxylation sites is 1. The predicted molar refractivity (Wildman–Crippen MR) is 50.7 cm³/mol. The Morgan fingerprint density at radius 2 is 1.73 bits per heavy atom. The first-order chi connectivity index (χ1) is 7.11. The van der Waals surface area contributed by atoms with E-state index in [-0.39, 0.29) is 5.69 Å². The zero-order chi connectivity index (χ0) is 11.0. The second-order valence-corrected chi connectivity index (χ2v) is 3.24. The summed E-state index contributed by atoms with van der Waals surface area (Å²) in [6, 6.07) is 3.69. The third-order valence-electron chi connectivity index (χ3n) is 2.27. The zero-order valence-corrected chi connectivity index (χ0v) is 8.33. The predicted octanol–water partition coefficient (Wildman–Crippen LogP) is 2.16. The topological polar surface area (TPSA) is 30.7 Å². The zero-order valence-electron chi connectivity index (χ0n) is 8.33. The van der Waals surface area contributed by atoms with E-state index >= 15 is 0 Å². The fourth-order valence-electron chi connectivity index (χ4n) is 1.31. The second-order valence-electron chi connectivity index (χ2n) is 3.24. The molecule has 0 radical (unpaired) electrons. The lowest BCUT2D eigenvalue weighted by atomic mass is 10.2. The Kier molecular flexibility index (Phi) is 2.22. The monoisotopic (exact) mass is 209 g/mol. The number of rotatable bonds is 1. The molecule has 78 valence electrons. The van der Waals surface area contributed by atoms with Crippen molar-refractivity contribution in [1.82, 2.24) is 15.0 Å². The minimum Gasteiger partial charge on any atom is -0.212 e. The fraction of sp³-hybridized carbons (Fsp3) is 0.200. The van der Waals surface area contributed by atoms with E-state index in [4.69, 9.17) is 0 Å². The summed E-state index contributed by atoms with van der Waals surface area (Å²) in [6.45, 7) is 3.44. The van der Waals surface area contributed by atoms with Gasteiger partial charge in [0.25, 0.3) is 0 Å². The van der Waals surface area contributed by atoms with Crippen molar-refractivity contribution >= 4 is 0 Å². The van der Waals surface area contributed by atoms with E-state index in [1.165, 1.54) is 22.9 Å². The van der Waals surface area contributed by atoms with Crippen LogP contribution in [0.25, 0.3) is 5.69 Å². The molecule has 1 heterocycles. The van der Waals surface area contributed by atoms with Gasteiger partial charge in [0.1, 0.15) is 5.69 Å². The summed E-state index contributed by atoms with van der Waals surface area (Å²) in [7, 11) is 0. The van der Waals surface area contributed by atoms with Gasteiger partial charge in [0.15, 0.2) is 11.6 Å². The van der Waals surface area contributed by atoms with Crippen molar-refractivity contribution in [2.75, 3.05) is 0 Å². The van der Waals surface area contributed by atoms with Crippen LogP contribution in [0.2, 0.25) is 0 Å². The Balaban J connectivity index is 2.69. The molecule has 0 unspecified atom stereocenters. The summed E-state index contributed by atoms with van der Waals surface area (Å²) in [5.41, 5.74) is 1.09. The molecule has 1 aromatic heterocycles. The third kappa shape index (κ3) is 1.49. The van der Waals surface area contributed by atoms with Crippen LogP contribution in [0.15, 0.2) is 18.2 Å². The van der Waals surface area contributed by atoms with Crippen LogP contribution in [0.5, 0.6) is 0 Å². The molecule has 15 heavy (non-hydrogen) atoms. The van der Waals surface area contributed by atoms with Crippen LogP contribution in [-0.4, -0.2) is 15.0 Å². The maximum Gasteiger partial charge on any atom is 0.151 e. The van der Waals surface area contributed by atoms with Crippen LogP contribution >= 0.6 is 0 Å². The van der Waals surface area contributed by atoms with Crippen LogP contribution < -0.4 is 0 Å². The molecule has 0 spiro atoms. The highest BCUT2D eigenvalue weighted by Gasteiger charge is 2.14. The van der Waals surface area contributed by atoms with E-state index in [9.17, 15) is 8.78 Å². The molecular formula is C10H9F2N3. The van der Waals surface area contributed by atoms with Crippen molar-refractivity contribution in [3.63, 3.8) is 0 Å². The van der Waals surface area contributed by atoms with E-state index in [0.29, 0.717) is 11.4 Å². The average Bonchev–Trinajstić information content (AvgIpc) is 2.49. The molecule has 0 amide bonds. The van der Waals surface area contributed by atoms with Crippen molar-refractivity contribution in [3.05, 3.63) is 41.2 Å². The van der Waals surface area contributed by atoms with Crippen LogP contribution in [0.4, 0.5) is 8.78 Å². The summed E-state index contributed by atoms with van der Waals surface area (Å²) >= 11 is 0. The largest absolute Gasteiger partial charge is 0.212 e. The van der Waals surface area contributed by atoms with Gasteiger partial charge in [-0.1, -0.05) is 11.3 Å². The normalized spacial score (nSPS) is 10.7. The average molecular weight is 209 g/mol. The van der Waals surface area contributed by atoms with E-state index in [1.54, 1.807) is 13.8 Å². The molecule has 0 atom stereocenters. The summed E-state index contributed by atoms with van der Waals surface area (Å²) in [4.78, 5) is 0. The molecule has 0 aliphatic heterocycles.